The molecule has 1 aromatic carbocycles. The van der Waals surface area contributed by atoms with Crippen LogP contribution in [0.5, 0.6) is 0 Å². The zero-order valence-electron chi connectivity index (χ0n) is 10.2. The third kappa shape index (κ3) is 2.20. The lowest BCUT2D eigenvalue weighted by molar-refractivity contribution is 0.381. The fourth-order valence-corrected chi connectivity index (χ4v) is 3.95. The van der Waals surface area contributed by atoms with Gasteiger partial charge in [-0.2, -0.15) is 0 Å². The zero-order valence-corrected chi connectivity index (χ0v) is 11.8. The van der Waals surface area contributed by atoms with E-state index < -0.39 is 0 Å². The Labute approximate surface area is 115 Å². The number of hydrogen-bond donors (Lipinski definition) is 0. The van der Waals surface area contributed by atoms with Gasteiger partial charge in [-0.1, -0.05) is 23.1 Å². The van der Waals surface area contributed by atoms with Gasteiger partial charge < -0.3 is 4.90 Å². The minimum absolute atomic E-state index is 0.126. The van der Waals surface area contributed by atoms with Crippen LogP contribution in [0.1, 0.15) is 6.42 Å². The third-order valence-corrected chi connectivity index (χ3v) is 4.83. The van der Waals surface area contributed by atoms with Crippen molar-refractivity contribution in [2.45, 2.75) is 13.0 Å². The molecular weight excluding hydrogens is 268 g/mol. The van der Waals surface area contributed by atoms with Gasteiger partial charge in [0.1, 0.15) is 0 Å². The highest BCUT2D eigenvalue weighted by molar-refractivity contribution is 7.13. The summed E-state index contributed by atoms with van der Waals surface area (Å²) in [6, 6.07) is 5.49. The molecule has 0 saturated carbocycles. The van der Waals surface area contributed by atoms with E-state index in [1.165, 1.54) is 18.0 Å². The Morgan fingerprint density at radius 2 is 2.33 bits per heavy atom. The molecule has 3 rings (SSSR count). The lowest BCUT2D eigenvalue weighted by Gasteiger charge is -2.09. The van der Waals surface area contributed by atoms with Gasteiger partial charge in [0.15, 0.2) is 0 Å². The highest BCUT2D eigenvalue weighted by atomic mass is 35.5. The summed E-state index contributed by atoms with van der Waals surface area (Å²) < 4.78 is 2.86. The van der Waals surface area contributed by atoms with Crippen molar-refractivity contribution in [3.8, 4) is 0 Å². The van der Waals surface area contributed by atoms with Crippen molar-refractivity contribution in [2.24, 2.45) is 5.92 Å². The summed E-state index contributed by atoms with van der Waals surface area (Å²) in [7, 11) is 2.13. The van der Waals surface area contributed by atoms with Crippen LogP contribution in [0, 0.1) is 5.92 Å². The summed E-state index contributed by atoms with van der Waals surface area (Å²) in [5.74, 6) is 0.594. The second-order valence-corrected chi connectivity index (χ2v) is 6.51. The van der Waals surface area contributed by atoms with Gasteiger partial charge in [0.25, 0.3) is 5.56 Å². The quantitative estimate of drug-likeness (QED) is 0.846. The molecule has 2 heterocycles. The summed E-state index contributed by atoms with van der Waals surface area (Å²) in [6.45, 7) is 3.05. The van der Waals surface area contributed by atoms with Gasteiger partial charge in [0.05, 0.1) is 10.1 Å². The highest BCUT2D eigenvalue weighted by Crippen LogP contribution is 2.23. The number of likely N-dealkylation sites (tertiary alicyclic amines) is 1. The molecule has 0 N–H and O–H groups in total. The molecule has 3 nitrogen and oxygen atoms in total. The summed E-state index contributed by atoms with van der Waals surface area (Å²) in [4.78, 5) is 14.5. The lowest BCUT2D eigenvalue weighted by Crippen LogP contribution is -2.21. The first-order valence-corrected chi connectivity index (χ1v) is 7.26. The van der Waals surface area contributed by atoms with Crippen molar-refractivity contribution in [1.82, 2.24) is 8.86 Å². The van der Waals surface area contributed by atoms with Gasteiger partial charge in [-0.3, -0.25) is 8.75 Å². The number of rotatable bonds is 2. The second kappa shape index (κ2) is 4.68. The maximum absolute atomic E-state index is 12.2. The molecule has 0 bridgehead atoms. The fourth-order valence-electron chi connectivity index (χ4n) is 2.57. The number of benzene rings is 1. The number of halogens is 1. The van der Waals surface area contributed by atoms with Crippen molar-refractivity contribution in [2.75, 3.05) is 20.1 Å². The molecular formula is C13H15ClN2OS. The van der Waals surface area contributed by atoms with E-state index in [4.69, 9.17) is 11.6 Å². The number of hydrogen-bond acceptors (Lipinski definition) is 3. The predicted octanol–water partition coefficient (Wildman–Crippen LogP) is 2.67. The molecule has 0 spiro atoms. The molecule has 1 unspecified atom stereocenters. The molecule has 1 aromatic heterocycles. The van der Waals surface area contributed by atoms with Gasteiger partial charge in [0, 0.05) is 18.1 Å². The summed E-state index contributed by atoms with van der Waals surface area (Å²) >= 11 is 7.49. The van der Waals surface area contributed by atoms with Gasteiger partial charge >= 0.3 is 0 Å². The van der Waals surface area contributed by atoms with Gasteiger partial charge in [-0.25, -0.2) is 0 Å². The highest BCUT2D eigenvalue weighted by Gasteiger charge is 2.21. The molecule has 18 heavy (non-hydrogen) atoms. The van der Waals surface area contributed by atoms with Gasteiger partial charge in [-0.15, -0.1) is 0 Å². The Hall–Kier alpha value is -0.840. The van der Waals surface area contributed by atoms with Gasteiger partial charge in [-0.05, 0) is 44.1 Å². The Morgan fingerprint density at radius 3 is 3.06 bits per heavy atom. The fraction of sp³-hybridized carbons (Fsp3) is 0.462. The zero-order chi connectivity index (χ0) is 12.7. The van der Waals surface area contributed by atoms with Crippen LogP contribution >= 0.6 is 23.1 Å². The third-order valence-electron chi connectivity index (χ3n) is 3.52. The van der Waals surface area contributed by atoms with E-state index in [9.17, 15) is 4.79 Å². The summed E-state index contributed by atoms with van der Waals surface area (Å²) in [5.41, 5.74) is 0.126. The Morgan fingerprint density at radius 1 is 1.50 bits per heavy atom. The van der Waals surface area contributed by atoms with Crippen LogP contribution in [-0.4, -0.2) is 29.0 Å². The van der Waals surface area contributed by atoms with Crippen molar-refractivity contribution in [1.29, 1.82) is 0 Å². The van der Waals surface area contributed by atoms with Crippen LogP contribution < -0.4 is 5.56 Å². The standard InChI is InChI=1S/C13H15ClN2OS/c1-15-5-4-9(7-15)8-16-13(17)11-3-2-10(14)6-12(11)18-16/h2-3,6,9H,4-5,7-8H2,1H3. The van der Waals surface area contributed by atoms with Crippen LogP contribution in [-0.2, 0) is 6.54 Å². The SMILES string of the molecule is CN1CCC(Cn2sc3cc(Cl)ccc3c2=O)C1. The van der Waals surface area contributed by atoms with Gasteiger partial charge in [0.2, 0.25) is 0 Å². The first-order valence-electron chi connectivity index (χ1n) is 6.11. The molecule has 0 amide bonds. The van der Waals surface area contributed by atoms with Crippen molar-refractivity contribution in [3.05, 3.63) is 33.6 Å². The maximum Gasteiger partial charge on any atom is 0.268 e. The topological polar surface area (TPSA) is 25.2 Å². The van der Waals surface area contributed by atoms with Crippen molar-refractivity contribution in [3.63, 3.8) is 0 Å². The number of nitrogens with zero attached hydrogens (tertiary/aromatic N) is 2. The van der Waals surface area contributed by atoms with E-state index in [0.717, 1.165) is 29.7 Å². The minimum atomic E-state index is 0.126. The first kappa shape index (κ1) is 12.2. The molecule has 1 aliphatic rings. The largest absolute Gasteiger partial charge is 0.306 e. The molecule has 2 aromatic rings. The van der Waals surface area contributed by atoms with E-state index in [1.807, 2.05) is 16.1 Å². The maximum atomic E-state index is 12.2. The Bertz CT molecular complexity index is 633. The average molecular weight is 283 g/mol. The van der Waals surface area contributed by atoms with E-state index in [0.29, 0.717) is 10.9 Å². The second-order valence-electron chi connectivity index (χ2n) is 5.01. The molecule has 0 radical (unpaired) electrons. The number of fused-ring (bicyclic) bond motifs is 1. The summed E-state index contributed by atoms with van der Waals surface area (Å²) in [5, 5.41) is 1.48. The van der Waals surface area contributed by atoms with Crippen LogP contribution in [0.25, 0.3) is 10.1 Å². The molecule has 1 fully saturated rings. The van der Waals surface area contributed by atoms with Crippen LogP contribution in [0.15, 0.2) is 23.0 Å². The molecule has 0 aliphatic carbocycles. The van der Waals surface area contributed by atoms with E-state index >= 15 is 0 Å². The average Bonchev–Trinajstić information content (AvgIpc) is 2.85. The molecule has 1 saturated heterocycles. The monoisotopic (exact) mass is 282 g/mol. The van der Waals surface area contributed by atoms with Crippen molar-refractivity contribution >= 4 is 33.2 Å². The number of aromatic nitrogens is 1. The lowest BCUT2D eigenvalue weighted by atomic mass is 10.1. The summed E-state index contributed by atoms with van der Waals surface area (Å²) in [6.07, 6.45) is 1.18. The molecule has 5 heteroatoms. The van der Waals surface area contributed by atoms with Crippen LogP contribution in [0.4, 0.5) is 0 Å². The van der Waals surface area contributed by atoms with E-state index in [2.05, 4.69) is 11.9 Å². The van der Waals surface area contributed by atoms with E-state index in [1.54, 1.807) is 6.07 Å². The Balaban J connectivity index is 1.92. The van der Waals surface area contributed by atoms with Crippen LogP contribution in [0.2, 0.25) is 5.02 Å². The molecule has 1 aliphatic heterocycles. The Kier molecular flexibility index (Phi) is 3.18. The van der Waals surface area contributed by atoms with Crippen molar-refractivity contribution < 1.29 is 0 Å². The molecule has 96 valence electrons. The molecule has 1 atom stereocenters. The predicted molar refractivity (Wildman–Crippen MR) is 76.7 cm³/mol. The minimum Gasteiger partial charge on any atom is -0.306 e. The van der Waals surface area contributed by atoms with E-state index in [-0.39, 0.29) is 5.56 Å². The normalized spacial score (nSPS) is 20.9. The first-order chi connectivity index (χ1) is 8.63. The van der Waals surface area contributed by atoms with Crippen LogP contribution in [0.3, 0.4) is 0 Å². The smallest absolute Gasteiger partial charge is 0.268 e.